The normalized spacial score (nSPS) is 10.8. The average molecular weight is 408 g/mol. The molecule has 0 unspecified atom stereocenters. The number of halogens is 3. The summed E-state index contributed by atoms with van der Waals surface area (Å²) in [7, 11) is 0. The Morgan fingerprint density at radius 1 is 1.00 bits per heavy atom. The summed E-state index contributed by atoms with van der Waals surface area (Å²) in [4.78, 5) is 35.1. The first-order valence-corrected chi connectivity index (χ1v) is 8.60. The van der Waals surface area contributed by atoms with Crippen LogP contribution in [0.15, 0.2) is 48.5 Å². The van der Waals surface area contributed by atoms with Crippen molar-refractivity contribution >= 4 is 29.2 Å². The number of amides is 4. The van der Waals surface area contributed by atoms with Gasteiger partial charge in [-0.05, 0) is 37.3 Å². The van der Waals surface area contributed by atoms with Crippen molar-refractivity contribution in [3.8, 4) is 0 Å². The Kier molecular flexibility index (Phi) is 7.18. The van der Waals surface area contributed by atoms with Crippen molar-refractivity contribution in [1.82, 2.24) is 10.6 Å². The minimum Gasteiger partial charge on any atom is -0.376 e. The smallest absolute Gasteiger partial charge is 0.376 e. The molecule has 0 aliphatic rings. The summed E-state index contributed by atoms with van der Waals surface area (Å²) in [5.41, 5.74) is -1.18. The third-order valence-electron chi connectivity index (χ3n) is 3.65. The van der Waals surface area contributed by atoms with E-state index in [0.717, 1.165) is 12.1 Å². The zero-order chi connectivity index (χ0) is 21.4. The maximum atomic E-state index is 13.4. The molecule has 0 atom stereocenters. The van der Waals surface area contributed by atoms with E-state index in [-0.39, 0.29) is 11.4 Å². The van der Waals surface area contributed by atoms with Crippen LogP contribution in [0.25, 0.3) is 0 Å². The lowest BCUT2D eigenvalue weighted by atomic mass is 10.1. The molecule has 0 aromatic heterocycles. The summed E-state index contributed by atoms with van der Waals surface area (Å²) in [5.74, 6) is -1.36. The molecule has 7 nitrogen and oxygen atoms in total. The standard InChI is InChI=1S/C19H19F3N4O3/c1-2-23-18(29)26-16(27)11-24-15-9-8-13(10-14(15)19(20,21)22)25-17(28)12-6-4-3-5-7-12/h3-10,24H,2,11H2,1H3,(H,25,28)(H2,23,26,27,29). The van der Waals surface area contributed by atoms with Crippen molar-refractivity contribution in [3.05, 3.63) is 59.7 Å². The summed E-state index contributed by atoms with van der Waals surface area (Å²) < 4.78 is 40.2. The SMILES string of the molecule is CCNC(=O)NC(=O)CNc1ccc(NC(=O)c2ccccc2)cc1C(F)(F)F. The monoisotopic (exact) mass is 408 g/mol. The highest BCUT2D eigenvalue weighted by molar-refractivity contribution is 6.04. The van der Waals surface area contributed by atoms with Gasteiger partial charge in [-0.2, -0.15) is 13.2 Å². The van der Waals surface area contributed by atoms with E-state index in [1.165, 1.54) is 18.2 Å². The molecule has 4 amide bonds. The highest BCUT2D eigenvalue weighted by atomic mass is 19.4. The molecule has 29 heavy (non-hydrogen) atoms. The van der Waals surface area contributed by atoms with Crippen molar-refractivity contribution < 1.29 is 27.6 Å². The number of hydrogen-bond acceptors (Lipinski definition) is 4. The Hall–Kier alpha value is -3.56. The Balaban J connectivity index is 2.12. The van der Waals surface area contributed by atoms with E-state index in [4.69, 9.17) is 0 Å². The van der Waals surface area contributed by atoms with Crippen LogP contribution in [0.2, 0.25) is 0 Å². The fourth-order valence-corrected chi connectivity index (χ4v) is 2.35. The number of carbonyl (C=O) groups is 3. The van der Waals surface area contributed by atoms with Gasteiger partial charge in [0.15, 0.2) is 0 Å². The molecule has 2 rings (SSSR count). The van der Waals surface area contributed by atoms with Gasteiger partial charge in [0, 0.05) is 23.5 Å². The van der Waals surface area contributed by atoms with Gasteiger partial charge in [-0.1, -0.05) is 18.2 Å². The van der Waals surface area contributed by atoms with E-state index < -0.39 is 36.1 Å². The minimum absolute atomic E-state index is 0.0523. The third-order valence-corrected chi connectivity index (χ3v) is 3.65. The molecule has 0 saturated carbocycles. The molecule has 0 aliphatic carbocycles. The first-order chi connectivity index (χ1) is 13.7. The third kappa shape index (κ3) is 6.52. The Labute approximate surface area is 164 Å². The van der Waals surface area contributed by atoms with E-state index in [1.807, 2.05) is 5.32 Å². The average Bonchev–Trinajstić information content (AvgIpc) is 2.67. The van der Waals surface area contributed by atoms with Gasteiger partial charge >= 0.3 is 12.2 Å². The first kappa shape index (κ1) is 21.7. The Bertz CT molecular complexity index is 886. The van der Waals surface area contributed by atoms with Crippen LogP contribution in [-0.4, -0.2) is 30.9 Å². The second-order valence-electron chi connectivity index (χ2n) is 5.84. The van der Waals surface area contributed by atoms with Crippen molar-refractivity contribution in [2.24, 2.45) is 0 Å². The molecule has 2 aromatic carbocycles. The molecule has 0 aliphatic heterocycles. The fraction of sp³-hybridized carbons (Fsp3) is 0.211. The van der Waals surface area contributed by atoms with Gasteiger partial charge in [-0.25, -0.2) is 4.79 Å². The predicted octanol–water partition coefficient (Wildman–Crippen LogP) is 3.22. The number of imide groups is 1. The van der Waals surface area contributed by atoms with Crippen LogP contribution in [0.1, 0.15) is 22.8 Å². The summed E-state index contributed by atoms with van der Waals surface area (Å²) in [6, 6.07) is 10.4. The van der Waals surface area contributed by atoms with Gasteiger partial charge in [-0.15, -0.1) is 0 Å². The molecule has 0 radical (unpaired) electrons. The van der Waals surface area contributed by atoms with Crippen LogP contribution in [-0.2, 0) is 11.0 Å². The number of rotatable bonds is 6. The van der Waals surface area contributed by atoms with Crippen LogP contribution < -0.4 is 21.3 Å². The number of carbonyl (C=O) groups excluding carboxylic acids is 3. The van der Waals surface area contributed by atoms with Crippen LogP contribution in [0, 0.1) is 0 Å². The number of anilines is 2. The maximum Gasteiger partial charge on any atom is 0.418 e. The van der Waals surface area contributed by atoms with E-state index in [0.29, 0.717) is 12.1 Å². The van der Waals surface area contributed by atoms with Gasteiger partial charge in [-0.3, -0.25) is 14.9 Å². The lowest BCUT2D eigenvalue weighted by Crippen LogP contribution is -2.41. The topological polar surface area (TPSA) is 99.3 Å². The van der Waals surface area contributed by atoms with E-state index in [2.05, 4.69) is 16.0 Å². The molecular weight excluding hydrogens is 389 g/mol. The quantitative estimate of drug-likeness (QED) is 0.590. The van der Waals surface area contributed by atoms with Gasteiger partial charge in [0.1, 0.15) is 0 Å². The van der Waals surface area contributed by atoms with Crippen LogP contribution in [0.5, 0.6) is 0 Å². The molecule has 0 bridgehead atoms. The maximum absolute atomic E-state index is 13.4. The predicted molar refractivity (Wildman–Crippen MR) is 102 cm³/mol. The lowest BCUT2D eigenvalue weighted by molar-refractivity contribution is -0.137. The van der Waals surface area contributed by atoms with Crippen LogP contribution >= 0.6 is 0 Å². The minimum atomic E-state index is -4.73. The molecule has 2 aromatic rings. The number of hydrogen-bond donors (Lipinski definition) is 4. The van der Waals surface area contributed by atoms with Gasteiger partial charge in [0.05, 0.1) is 12.1 Å². The number of benzene rings is 2. The number of nitrogens with one attached hydrogen (secondary N) is 4. The molecule has 0 fully saturated rings. The van der Waals surface area contributed by atoms with Crippen LogP contribution in [0.4, 0.5) is 29.3 Å². The molecule has 0 spiro atoms. The second kappa shape index (κ2) is 9.58. The summed E-state index contributed by atoms with van der Waals surface area (Å²) in [6.45, 7) is 1.40. The van der Waals surface area contributed by atoms with Gasteiger partial charge in [0.2, 0.25) is 5.91 Å². The fourth-order valence-electron chi connectivity index (χ4n) is 2.35. The molecule has 0 heterocycles. The van der Waals surface area contributed by atoms with E-state index >= 15 is 0 Å². The van der Waals surface area contributed by atoms with Crippen LogP contribution in [0.3, 0.4) is 0 Å². The van der Waals surface area contributed by atoms with E-state index in [9.17, 15) is 27.6 Å². The van der Waals surface area contributed by atoms with Gasteiger partial charge < -0.3 is 16.0 Å². The van der Waals surface area contributed by atoms with Crippen molar-refractivity contribution in [2.75, 3.05) is 23.7 Å². The highest BCUT2D eigenvalue weighted by Gasteiger charge is 2.34. The summed E-state index contributed by atoms with van der Waals surface area (Å²) in [6.07, 6.45) is -4.73. The van der Waals surface area contributed by atoms with Gasteiger partial charge in [0.25, 0.3) is 5.91 Å². The zero-order valence-corrected chi connectivity index (χ0v) is 15.4. The molecule has 0 saturated heterocycles. The first-order valence-electron chi connectivity index (χ1n) is 8.60. The Morgan fingerprint density at radius 2 is 1.69 bits per heavy atom. The summed E-state index contributed by atoms with van der Waals surface area (Å²) >= 11 is 0. The molecular formula is C19H19F3N4O3. The van der Waals surface area contributed by atoms with E-state index in [1.54, 1.807) is 25.1 Å². The molecule has 4 N–H and O–H groups in total. The second-order valence-corrected chi connectivity index (χ2v) is 5.84. The zero-order valence-electron chi connectivity index (χ0n) is 15.4. The number of urea groups is 1. The van der Waals surface area contributed by atoms with Crippen molar-refractivity contribution in [2.45, 2.75) is 13.1 Å². The molecule has 10 heteroatoms. The summed E-state index contributed by atoms with van der Waals surface area (Å²) in [5, 5.41) is 9.06. The van der Waals surface area contributed by atoms with Crippen molar-refractivity contribution in [3.63, 3.8) is 0 Å². The molecule has 154 valence electrons. The largest absolute Gasteiger partial charge is 0.418 e. The number of alkyl halides is 3. The van der Waals surface area contributed by atoms with Crippen molar-refractivity contribution in [1.29, 1.82) is 0 Å². The lowest BCUT2D eigenvalue weighted by Gasteiger charge is -2.16. The Morgan fingerprint density at radius 3 is 2.31 bits per heavy atom. The highest BCUT2D eigenvalue weighted by Crippen LogP contribution is 2.36.